The number of rotatable bonds is 3. The van der Waals surface area contributed by atoms with E-state index in [0.29, 0.717) is 17.2 Å². The van der Waals surface area contributed by atoms with Gasteiger partial charge in [0.1, 0.15) is 11.6 Å². The summed E-state index contributed by atoms with van der Waals surface area (Å²) in [7, 11) is 1.61. The molecule has 0 radical (unpaired) electrons. The lowest BCUT2D eigenvalue weighted by atomic mass is 10.2. The Bertz CT molecular complexity index is 553. The third-order valence-corrected chi connectivity index (χ3v) is 2.70. The zero-order chi connectivity index (χ0) is 12.4. The van der Waals surface area contributed by atoms with Crippen molar-refractivity contribution < 1.29 is 13.2 Å². The molecule has 1 atom stereocenters. The Balaban J connectivity index is 2.34. The third-order valence-electron chi connectivity index (χ3n) is 2.20. The number of hydrogen-bond acceptors (Lipinski definition) is 4. The lowest BCUT2D eigenvalue weighted by Crippen LogP contribution is -2.02. The van der Waals surface area contributed by atoms with E-state index in [-0.39, 0.29) is 11.6 Å². The summed E-state index contributed by atoms with van der Waals surface area (Å²) in [5.41, 5.74) is 0.643. The Morgan fingerprint density at radius 2 is 2.06 bits per heavy atom. The number of aromatic nitrogens is 3. The molecule has 0 N–H and O–H groups in total. The molecule has 1 aromatic carbocycles. The molecular weight excluding hydrogens is 245 g/mol. The van der Waals surface area contributed by atoms with Crippen LogP contribution in [0.2, 0.25) is 0 Å². The Hall–Kier alpha value is -1.60. The molecule has 1 aromatic heterocycles. The first-order valence-electron chi connectivity index (χ1n) is 4.78. The van der Waals surface area contributed by atoms with Crippen molar-refractivity contribution in [1.82, 2.24) is 14.8 Å². The van der Waals surface area contributed by atoms with Gasteiger partial charge < -0.3 is 4.55 Å². The van der Waals surface area contributed by atoms with Crippen LogP contribution in [0.15, 0.2) is 24.3 Å². The summed E-state index contributed by atoms with van der Waals surface area (Å²) in [6.07, 6.45) is 0. The van der Waals surface area contributed by atoms with E-state index in [4.69, 9.17) is 0 Å². The van der Waals surface area contributed by atoms with E-state index in [2.05, 4.69) is 10.1 Å². The normalized spacial score (nSPS) is 12.6. The van der Waals surface area contributed by atoms with Crippen LogP contribution in [-0.2, 0) is 23.9 Å². The summed E-state index contributed by atoms with van der Waals surface area (Å²) in [5, 5.41) is 4.07. The minimum Gasteiger partial charge on any atom is -0.772 e. The van der Waals surface area contributed by atoms with Gasteiger partial charge in [0.15, 0.2) is 5.82 Å². The molecule has 0 saturated heterocycles. The molecule has 5 nitrogen and oxygen atoms in total. The van der Waals surface area contributed by atoms with Crippen LogP contribution in [0.3, 0.4) is 0 Å². The lowest BCUT2D eigenvalue weighted by molar-refractivity contribution is 0.533. The van der Waals surface area contributed by atoms with Crippen LogP contribution in [0, 0.1) is 5.82 Å². The molecule has 1 unspecified atom stereocenters. The molecule has 0 aliphatic carbocycles. The van der Waals surface area contributed by atoms with E-state index >= 15 is 0 Å². The van der Waals surface area contributed by atoms with Crippen molar-refractivity contribution in [1.29, 1.82) is 0 Å². The van der Waals surface area contributed by atoms with E-state index < -0.39 is 11.1 Å². The van der Waals surface area contributed by atoms with Crippen molar-refractivity contribution in [2.75, 3.05) is 0 Å². The minimum atomic E-state index is -2.21. The average Bonchev–Trinajstić information content (AvgIpc) is 2.60. The molecule has 0 aliphatic heterocycles. The van der Waals surface area contributed by atoms with Crippen LogP contribution in [-0.4, -0.2) is 23.5 Å². The summed E-state index contributed by atoms with van der Waals surface area (Å²) in [6.45, 7) is 0. The maximum absolute atomic E-state index is 12.7. The molecular formula is C10H9FN3O2S-. The summed E-state index contributed by atoms with van der Waals surface area (Å²) >= 11 is -2.21. The zero-order valence-corrected chi connectivity index (χ0v) is 9.78. The smallest absolute Gasteiger partial charge is 0.181 e. The van der Waals surface area contributed by atoms with Crippen LogP contribution in [0.1, 0.15) is 5.82 Å². The molecule has 0 aliphatic rings. The topological polar surface area (TPSA) is 70.8 Å². The van der Waals surface area contributed by atoms with Gasteiger partial charge in [0.25, 0.3) is 0 Å². The number of halogens is 1. The standard InChI is InChI=1S/C10H10FN3O2S/c1-14-9(6-17(15)16)12-10(13-14)7-2-4-8(11)5-3-7/h2-5H,6H2,1H3,(H,15,16)/p-1. The van der Waals surface area contributed by atoms with Crippen molar-refractivity contribution in [2.24, 2.45) is 7.05 Å². The van der Waals surface area contributed by atoms with Crippen LogP contribution < -0.4 is 0 Å². The van der Waals surface area contributed by atoms with E-state index in [1.807, 2.05) is 0 Å². The molecule has 0 spiro atoms. The Kier molecular flexibility index (Phi) is 3.30. The van der Waals surface area contributed by atoms with Gasteiger partial charge in [-0.2, -0.15) is 5.10 Å². The molecule has 2 rings (SSSR count). The Morgan fingerprint density at radius 1 is 1.41 bits per heavy atom. The molecule has 1 heterocycles. The Labute approximate surface area is 99.6 Å². The fourth-order valence-electron chi connectivity index (χ4n) is 1.37. The Morgan fingerprint density at radius 3 is 2.65 bits per heavy atom. The monoisotopic (exact) mass is 254 g/mol. The highest BCUT2D eigenvalue weighted by Crippen LogP contribution is 2.16. The number of hydrogen-bond donors (Lipinski definition) is 0. The van der Waals surface area contributed by atoms with Gasteiger partial charge in [-0.05, 0) is 35.3 Å². The van der Waals surface area contributed by atoms with Crippen LogP contribution in [0.5, 0.6) is 0 Å². The van der Waals surface area contributed by atoms with E-state index in [0.717, 1.165) is 0 Å². The first kappa shape index (κ1) is 11.9. The van der Waals surface area contributed by atoms with Crippen LogP contribution in [0.25, 0.3) is 11.4 Å². The molecule has 0 saturated carbocycles. The highest BCUT2D eigenvalue weighted by molar-refractivity contribution is 7.78. The minimum absolute atomic E-state index is 0.190. The summed E-state index contributed by atoms with van der Waals surface area (Å²) in [5.74, 6) is 0.196. The van der Waals surface area contributed by atoms with Gasteiger partial charge >= 0.3 is 0 Å². The first-order chi connectivity index (χ1) is 8.06. The fourth-order valence-corrected chi connectivity index (χ4v) is 1.83. The predicted molar refractivity (Wildman–Crippen MR) is 59.0 cm³/mol. The fraction of sp³-hybridized carbons (Fsp3) is 0.200. The first-order valence-corrected chi connectivity index (χ1v) is 6.02. The van der Waals surface area contributed by atoms with Crippen molar-refractivity contribution in [2.45, 2.75) is 5.75 Å². The quantitative estimate of drug-likeness (QED) is 0.766. The molecule has 0 amide bonds. The second-order valence-corrected chi connectivity index (χ2v) is 4.33. The maximum atomic E-state index is 12.7. The highest BCUT2D eigenvalue weighted by atomic mass is 32.2. The van der Waals surface area contributed by atoms with Crippen LogP contribution in [0.4, 0.5) is 4.39 Å². The van der Waals surface area contributed by atoms with Gasteiger partial charge in [-0.1, -0.05) is 0 Å². The second-order valence-electron chi connectivity index (χ2n) is 3.43. The number of nitrogens with zero attached hydrogens (tertiary/aromatic N) is 3. The van der Waals surface area contributed by atoms with E-state index in [1.54, 1.807) is 19.2 Å². The van der Waals surface area contributed by atoms with Crippen molar-refractivity contribution in [3.05, 3.63) is 35.9 Å². The predicted octanol–water partition coefficient (Wildman–Crippen LogP) is 1.00. The third kappa shape index (κ3) is 2.75. The molecule has 2 aromatic rings. The highest BCUT2D eigenvalue weighted by Gasteiger charge is 2.09. The number of aryl methyl sites for hydroxylation is 1. The van der Waals surface area contributed by atoms with Crippen molar-refractivity contribution in [3.63, 3.8) is 0 Å². The van der Waals surface area contributed by atoms with Gasteiger partial charge in [-0.25, -0.2) is 9.37 Å². The second kappa shape index (κ2) is 4.72. The molecule has 90 valence electrons. The summed E-state index contributed by atoms with van der Waals surface area (Å²) in [6, 6.07) is 5.69. The molecule has 17 heavy (non-hydrogen) atoms. The largest absolute Gasteiger partial charge is 0.772 e. The van der Waals surface area contributed by atoms with E-state index in [1.165, 1.54) is 16.8 Å². The SMILES string of the molecule is Cn1nc(-c2ccc(F)cc2)nc1CS(=O)[O-]. The van der Waals surface area contributed by atoms with Gasteiger partial charge in [-0.3, -0.25) is 8.89 Å². The summed E-state index contributed by atoms with van der Waals surface area (Å²) in [4.78, 5) is 4.09. The van der Waals surface area contributed by atoms with E-state index in [9.17, 15) is 13.2 Å². The molecule has 7 heteroatoms. The zero-order valence-electron chi connectivity index (χ0n) is 8.96. The summed E-state index contributed by atoms with van der Waals surface area (Å²) < 4.78 is 35.3. The van der Waals surface area contributed by atoms with Crippen molar-refractivity contribution in [3.8, 4) is 11.4 Å². The lowest BCUT2D eigenvalue weighted by Gasteiger charge is -2.02. The number of benzene rings is 1. The average molecular weight is 254 g/mol. The maximum Gasteiger partial charge on any atom is 0.181 e. The molecule has 0 fully saturated rings. The van der Waals surface area contributed by atoms with Crippen molar-refractivity contribution >= 4 is 11.1 Å². The van der Waals surface area contributed by atoms with Gasteiger partial charge in [-0.15, -0.1) is 0 Å². The van der Waals surface area contributed by atoms with Gasteiger partial charge in [0, 0.05) is 12.6 Å². The molecule has 0 bridgehead atoms. The van der Waals surface area contributed by atoms with Crippen LogP contribution >= 0.6 is 0 Å². The van der Waals surface area contributed by atoms with Gasteiger partial charge in [0.2, 0.25) is 0 Å². The van der Waals surface area contributed by atoms with Gasteiger partial charge in [0.05, 0.1) is 5.75 Å².